The number of nitrogens with two attached hydrogens (primary N) is 1. The second kappa shape index (κ2) is 7.22. The van der Waals surface area contributed by atoms with E-state index in [0.29, 0.717) is 25.3 Å². The van der Waals surface area contributed by atoms with E-state index in [1.54, 1.807) is 18.1 Å². The molecule has 0 fully saturated rings. The molecule has 1 unspecified atom stereocenters. The Kier molecular flexibility index (Phi) is 5.33. The number of hydrogen-bond acceptors (Lipinski definition) is 4. The molecule has 0 spiro atoms. The topological polar surface area (TPSA) is 72.4 Å². The van der Waals surface area contributed by atoms with Crippen LogP contribution in [0, 0.1) is 6.92 Å². The minimum atomic E-state index is 0.0418. The predicted octanol–water partition coefficient (Wildman–Crippen LogP) is 2.39. The molecule has 0 saturated heterocycles. The first-order valence-electron chi connectivity index (χ1n) is 7.48. The van der Waals surface area contributed by atoms with Gasteiger partial charge in [0.15, 0.2) is 11.7 Å². The summed E-state index contributed by atoms with van der Waals surface area (Å²) in [5.41, 5.74) is 7.76. The number of carbonyl (C=O) groups is 1. The Bertz CT molecular complexity index is 619. The summed E-state index contributed by atoms with van der Waals surface area (Å²) in [7, 11) is 1.77. The number of benzene rings is 1. The van der Waals surface area contributed by atoms with Crippen molar-refractivity contribution < 1.29 is 9.21 Å². The number of aryl methyl sites for hydroxylation is 2. The lowest BCUT2D eigenvalue weighted by molar-refractivity contribution is -0.131. The van der Waals surface area contributed by atoms with E-state index >= 15 is 0 Å². The molecule has 118 valence electrons. The van der Waals surface area contributed by atoms with Crippen LogP contribution in [0.1, 0.15) is 24.8 Å². The van der Waals surface area contributed by atoms with Gasteiger partial charge in [-0.2, -0.15) is 0 Å². The van der Waals surface area contributed by atoms with Crippen molar-refractivity contribution in [2.45, 2.75) is 32.7 Å². The molecule has 1 aromatic heterocycles. The zero-order valence-corrected chi connectivity index (χ0v) is 13.4. The molecule has 1 atom stereocenters. The Labute approximate surface area is 131 Å². The normalized spacial score (nSPS) is 12.2. The molecule has 5 nitrogen and oxygen atoms in total. The van der Waals surface area contributed by atoms with Gasteiger partial charge in [-0.3, -0.25) is 4.79 Å². The molecule has 22 heavy (non-hydrogen) atoms. The highest BCUT2D eigenvalue weighted by atomic mass is 16.4. The van der Waals surface area contributed by atoms with Crippen LogP contribution in [0.5, 0.6) is 0 Å². The van der Waals surface area contributed by atoms with E-state index < -0.39 is 0 Å². The first-order chi connectivity index (χ1) is 10.5. The predicted molar refractivity (Wildman–Crippen MR) is 86.3 cm³/mol. The van der Waals surface area contributed by atoms with Crippen molar-refractivity contribution in [1.29, 1.82) is 0 Å². The average molecular weight is 301 g/mol. The Balaban J connectivity index is 1.95. The third-order valence-electron chi connectivity index (χ3n) is 3.84. The molecule has 0 aliphatic carbocycles. The minimum Gasteiger partial charge on any atom is -0.441 e. The summed E-state index contributed by atoms with van der Waals surface area (Å²) < 4.78 is 5.72. The highest BCUT2D eigenvalue weighted by molar-refractivity contribution is 5.76. The summed E-state index contributed by atoms with van der Waals surface area (Å²) in [5, 5.41) is 0. The van der Waals surface area contributed by atoms with Crippen molar-refractivity contribution in [1.82, 2.24) is 9.88 Å². The molecule has 1 amide bonds. The highest BCUT2D eigenvalue weighted by Gasteiger charge is 2.15. The van der Waals surface area contributed by atoms with E-state index in [-0.39, 0.29) is 11.9 Å². The van der Waals surface area contributed by atoms with Crippen molar-refractivity contribution in [2.24, 2.45) is 5.73 Å². The third-order valence-corrected chi connectivity index (χ3v) is 3.84. The van der Waals surface area contributed by atoms with Crippen molar-refractivity contribution in [3.8, 4) is 11.3 Å². The maximum absolute atomic E-state index is 12.0. The Morgan fingerprint density at radius 1 is 1.36 bits per heavy atom. The van der Waals surface area contributed by atoms with E-state index in [9.17, 15) is 4.79 Å². The van der Waals surface area contributed by atoms with Gasteiger partial charge in [-0.15, -0.1) is 0 Å². The van der Waals surface area contributed by atoms with E-state index in [2.05, 4.69) is 4.98 Å². The molecule has 0 aliphatic rings. The van der Waals surface area contributed by atoms with Crippen LogP contribution in [-0.4, -0.2) is 35.4 Å². The quantitative estimate of drug-likeness (QED) is 0.889. The zero-order chi connectivity index (χ0) is 16.1. The van der Waals surface area contributed by atoms with Crippen LogP contribution in [0.15, 0.2) is 34.9 Å². The van der Waals surface area contributed by atoms with E-state index in [4.69, 9.17) is 10.2 Å². The van der Waals surface area contributed by atoms with E-state index in [1.165, 1.54) is 5.56 Å². The fourth-order valence-corrected chi connectivity index (χ4v) is 2.07. The molecule has 1 aromatic carbocycles. The van der Waals surface area contributed by atoms with Gasteiger partial charge in [-0.05, 0) is 13.8 Å². The smallest absolute Gasteiger partial charge is 0.223 e. The molecule has 0 radical (unpaired) electrons. The molecule has 0 bridgehead atoms. The molecule has 2 rings (SSSR count). The summed E-state index contributed by atoms with van der Waals surface area (Å²) >= 11 is 0. The van der Waals surface area contributed by atoms with Crippen LogP contribution >= 0.6 is 0 Å². The van der Waals surface area contributed by atoms with Crippen molar-refractivity contribution in [3.63, 3.8) is 0 Å². The lowest BCUT2D eigenvalue weighted by Crippen LogP contribution is -2.39. The number of amides is 1. The summed E-state index contributed by atoms with van der Waals surface area (Å²) in [6.45, 7) is 4.43. The first kappa shape index (κ1) is 16.2. The summed E-state index contributed by atoms with van der Waals surface area (Å²) in [6, 6.07) is 8.11. The van der Waals surface area contributed by atoms with Crippen molar-refractivity contribution >= 4 is 5.91 Å². The van der Waals surface area contributed by atoms with E-state index in [1.807, 2.05) is 38.1 Å². The number of likely N-dealkylation sites (N-methyl/N-ethyl adjacent to an activating group) is 1. The van der Waals surface area contributed by atoms with Crippen molar-refractivity contribution in [2.75, 3.05) is 13.6 Å². The minimum absolute atomic E-state index is 0.0418. The standard InChI is InChI=1S/C17H23N3O2/c1-12-4-6-14(7-5-12)15-11-19-16(22-15)8-9-17(21)20(3)13(2)10-18/h4-7,11,13H,8-10,18H2,1-3H3. The molecular weight excluding hydrogens is 278 g/mol. The van der Waals surface area contributed by atoms with Gasteiger partial charge in [0.2, 0.25) is 5.91 Å². The Morgan fingerprint density at radius 3 is 2.68 bits per heavy atom. The molecular formula is C17H23N3O2. The summed E-state index contributed by atoms with van der Waals surface area (Å²) in [6.07, 6.45) is 2.57. The Hall–Kier alpha value is -2.14. The summed E-state index contributed by atoms with van der Waals surface area (Å²) in [4.78, 5) is 18.0. The van der Waals surface area contributed by atoms with Gasteiger partial charge in [0.05, 0.1) is 6.20 Å². The van der Waals surface area contributed by atoms with Crippen LogP contribution in [0.2, 0.25) is 0 Å². The van der Waals surface area contributed by atoms with Crippen molar-refractivity contribution in [3.05, 3.63) is 41.9 Å². The highest BCUT2D eigenvalue weighted by Crippen LogP contribution is 2.21. The zero-order valence-electron chi connectivity index (χ0n) is 13.4. The number of nitrogens with zero attached hydrogens (tertiary/aromatic N) is 2. The van der Waals surface area contributed by atoms with Gasteiger partial charge >= 0.3 is 0 Å². The van der Waals surface area contributed by atoms with Gasteiger partial charge in [-0.1, -0.05) is 29.8 Å². The first-order valence-corrected chi connectivity index (χ1v) is 7.48. The Morgan fingerprint density at radius 2 is 2.05 bits per heavy atom. The van der Waals surface area contributed by atoms with Crippen LogP contribution in [0.25, 0.3) is 11.3 Å². The lowest BCUT2D eigenvalue weighted by Gasteiger charge is -2.23. The molecule has 2 aromatic rings. The number of aromatic nitrogens is 1. The maximum atomic E-state index is 12.0. The van der Waals surface area contributed by atoms with Gasteiger partial charge in [0.25, 0.3) is 0 Å². The van der Waals surface area contributed by atoms with Gasteiger partial charge in [0.1, 0.15) is 0 Å². The number of carbonyl (C=O) groups excluding carboxylic acids is 1. The third kappa shape index (κ3) is 3.95. The monoisotopic (exact) mass is 301 g/mol. The molecule has 0 saturated carbocycles. The number of hydrogen-bond donors (Lipinski definition) is 1. The van der Waals surface area contributed by atoms with Crippen LogP contribution in [0.4, 0.5) is 0 Å². The summed E-state index contributed by atoms with van der Waals surface area (Å²) in [5.74, 6) is 1.36. The largest absolute Gasteiger partial charge is 0.441 e. The van der Waals surface area contributed by atoms with Crippen LogP contribution in [-0.2, 0) is 11.2 Å². The molecule has 0 aliphatic heterocycles. The fraction of sp³-hybridized carbons (Fsp3) is 0.412. The second-order valence-electron chi connectivity index (χ2n) is 5.57. The second-order valence-corrected chi connectivity index (χ2v) is 5.57. The van der Waals surface area contributed by atoms with Gasteiger partial charge in [0, 0.05) is 38.0 Å². The molecule has 1 heterocycles. The van der Waals surface area contributed by atoms with E-state index in [0.717, 1.165) is 11.3 Å². The SMILES string of the molecule is Cc1ccc(-c2cnc(CCC(=O)N(C)C(C)CN)o2)cc1. The number of oxazole rings is 1. The number of rotatable bonds is 6. The molecule has 5 heteroatoms. The van der Waals surface area contributed by atoms with Crippen LogP contribution < -0.4 is 5.73 Å². The lowest BCUT2D eigenvalue weighted by atomic mass is 10.1. The van der Waals surface area contributed by atoms with Gasteiger partial charge < -0.3 is 15.1 Å². The fourth-order valence-electron chi connectivity index (χ4n) is 2.07. The molecule has 2 N–H and O–H groups in total. The van der Waals surface area contributed by atoms with Crippen LogP contribution in [0.3, 0.4) is 0 Å². The van der Waals surface area contributed by atoms with Gasteiger partial charge in [-0.25, -0.2) is 4.98 Å². The maximum Gasteiger partial charge on any atom is 0.223 e. The average Bonchev–Trinajstić information content (AvgIpc) is 3.00.